The summed E-state index contributed by atoms with van der Waals surface area (Å²) in [6, 6.07) is 5.53. The fourth-order valence-corrected chi connectivity index (χ4v) is 5.36. The number of hydrogen-bond acceptors (Lipinski definition) is 11. The second-order valence-electron chi connectivity index (χ2n) is 18.6. The molecular formula is C39H59IN2O11. The molecule has 1 saturated heterocycles. The minimum absolute atomic E-state index is 0.376. The molecule has 298 valence electrons. The van der Waals surface area contributed by atoms with Crippen LogP contribution in [0.5, 0.6) is 0 Å². The summed E-state index contributed by atoms with van der Waals surface area (Å²) in [4.78, 5) is 82.7. The van der Waals surface area contributed by atoms with Crippen LogP contribution in [0.3, 0.4) is 0 Å². The molecule has 1 aromatic carbocycles. The van der Waals surface area contributed by atoms with Crippen molar-refractivity contribution < 1.29 is 52.5 Å². The van der Waals surface area contributed by atoms with Crippen LogP contribution in [-0.4, -0.2) is 78.0 Å². The highest BCUT2D eigenvalue weighted by molar-refractivity contribution is 14.1. The Labute approximate surface area is 328 Å². The van der Waals surface area contributed by atoms with Crippen LogP contribution in [0.25, 0.3) is 0 Å². The summed E-state index contributed by atoms with van der Waals surface area (Å²) in [5, 5.41) is 2.92. The number of rotatable bonds is 10. The number of hydrogen-bond donors (Lipinski definition) is 1. The van der Waals surface area contributed by atoms with E-state index in [1.807, 2.05) is 6.07 Å². The monoisotopic (exact) mass is 858 g/mol. The summed E-state index contributed by atoms with van der Waals surface area (Å²) < 4.78 is 31.2. The largest absolute Gasteiger partial charge is 0.465 e. The molecule has 6 atom stereocenters. The maximum absolute atomic E-state index is 14.2. The van der Waals surface area contributed by atoms with Gasteiger partial charge in [-0.1, -0.05) is 12.1 Å². The molecule has 0 aliphatic carbocycles. The molecular weight excluding hydrogens is 799 g/mol. The molecule has 1 N–H and O–H groups in total. The lowest BCUT2D eigenvalue weighted by atomic mass is 9.89. The van der Waals surface area contributed by atoms with E-state index in [0.717, 1.165) is 8.47 Å². The molecule has 1 aliphatic heterocycles. The SMILES string of the molecule is CC(C)(C)NC(=O)[C@H](c1cccc(I)c1)N(C=O)[C@@H]1O[C@H](OC(=O)C(C)(C)C)[C@H](COC(=O)C(C)(C)C)[C@H](OC(=O)C(C)(C)C)[C@@H]1OC(=O)C(C)(C)C. The normalized spacial score (nSPS) is 21.8. The van der Waals surface area contributed by atoms with Gasteiger partial charge >= 0.3 is 23.9 Å². The van der Waals surface area contributed by atoms with E-state index < -0.39 is 100 Å². The van der Waals surface area contributed by atoms with E-state index in [1.54, 1.807) is 122 Å². The van der Waals surface area contributed by atoms with E-state index in [4.69, 9.17) is 23.7 Å². The molecule has 2 amide bonds. The van der Waals surface area contributed by atoms with Crippen molar-refractivity contribution in [2.75, 3.05) is 6.61 Å². The maximum atomic E-state index is 14.2. The van der Waals surface area contributed by atoms with Crippen LogP contribution in [-0.2, 0) is 52.5 Å². The first-order valence-corrected chi connectivity index (χ1v) is 18.7. The number of esters is 4. The van der Waals surface area contributed by atoms with Crippen molar-refractivity contribution in [3.05, 3.63) is 33.4 Å². The first-order valence-electron chi connectivity index (χ1n) is 17.6. The average Bonchev–Trinajstić information content (AvgIpc) is 2.97. The predicted octanol–water partition coefficient (Wildman–Crippen LogP) is 6.10. The predicted molar refractivity (Wildman–Crippen MR) is 204 cm³/mol. The molecule has 53 heavy (non-hydrogen) atoms. The maximum Gasteiger partial charge on any atom is 0.313 e. The molecule has 1 aromatic rings. The van der Waals surface area contributed by atoms with Gasteiger partial charge in [0.25, 0.3) is 0 Å². The lowest BCUT2D eigenvalue weighted by Crippen LogP contribution is -2.66. The Bertz CT molecular complexity index is 1510. The number of amides is 2. The lowest BCUT2D eigenvalue weighted by molar-refractivity contribution is -0.312. The van der Waals surface area contributed by atoms with Crippen molar-refractivity contribution in [3.63, 3.8) is 0 Å². The van der Waals surface area contributed by atoms with Gasteiger partial charge in [-0.3, -0.25) is 33.7 Å². The zero-order valence-corrected chi connectivity index (χ0v) is 36.0. The second kappa shape index (κ2) is 17.0. The fraction of sp³-hybridized carbons (Fsp3) is 0.692. The third-order valence-corrected chi connectivity index (χ3v) is 8.51. The van der Waals surface area contributed by atoms with Gasteiger partial charge in [-0.25, -0.2) is 0 Å². The summed E-state index contributed by atoms with van der Waals surface area (Å²) in [7, 11) is 0. The first kappa shape index (κ1) is 45.9. The van der Waals surface area contributed by atoms with E-state index in [0.29, 0.717) is 12.0 Å². The van der Waals surface area contributed by atoms with E-state index in [1.165, 1.54) is 0 Å². The van der Waals surface area contributed by atoms with Crippen LogP contribution < -0.4 is 5.32 Å². The number of ether oxygens (including phenoxy) is 5. The molecule has 2 rings (SSSR count). The Hall–Kier alpha value is -3.27. The van der Waals surface area contributed by atoms with Crippen molar-refractivity contribution >= 4 is 58.8 Å². The molecule has 1 fully saturated rings. The van der Waals surface area contributed by atoms with Crippen LogP contribution in [0, 0.1) is 31.1 Å². The minimum atomic E-state index is -1.68. The van der Waals surface area contributed by atoms with Crippen molar-refractivity contribution in [3.8, 4) is 0 Å². The zero-order chi connectivity index (χ0) is 41.1. The standard InChI is InChI=1S/C39H59IN2O11/c1-35(2,3)31(45)49-20-24-26(50-32(46)36(4,5)6)27(51-33(47)37(7,8)9)29(52-30(24)53-34(48)38(10,11)12)42(21-43)25(28(44)41-39(13,14)15)22-17-16-18-23(40)19-22/h16-19,21,24-27,29-30H,20H2,1-15H3,(H,41,44)/t24-,25+,26+,27+,29-,30-/m1/s1. The minimum Gasteiger partial charge on any atom is -0.465 e. The number of halogens is 1. The van der Waals surface area contributed by atoms with Crippen molar-refractivity contribution in [1.82, 2.24) is 10.2 Å². The zero-order valence-electron chi connectivity index (χ0n) is 33.9. The molecule has 0 saturated carbocycles. The van der Waals surface area contributed by atoms with E-state index >= 15 is 0 Å². The van der Waals surface area contributed by atoms with Gasteiger partial charge in [-0.05, 0) is 144 Å². The van der Waals surface area contributed by atoms with Crippen LogP contribution in [0.4, 0.5) is 0 Å². The van der Waals surface area contributed by atoms with Gasteiger partial charge in [0, 0.05) is 9.11 Å². The fourth-order valence-electron chi connectivity index (χ4n) is 4.80. The molecule has 1 aliphatic rings. The van der Waals surface area contributed by atoms with Gasteiger partial charge in [0.05, 0.1) is 27.6 Å². The summed E-state index contributed by atoms with van der Waals surface area (Å²) in [6.07, 6.45) is -6.08. The Balaban J connectivity index is 3.02. The molecule has 13 nitrogen and oxygen atoms in total. The first-order chi connectivity index (χ1) is 23.9. The van der Waals surface area contributed by atoms with Gasteiger partial charge in [0.2, 0.25) is 18.6 Å². The summed E-state index contributed by atoms with van der Waals surface area (Å²) >= 11 is 2.08. The van der Waals surface area contributed by atoms with Crippen LogP contribution in [0.15, 0.2) is 24.3 Å². The smallest absolute Gasteiger partial charge is 0.313 e. The quantitative estimate of drug-likeness (QED) is 0.125. The van der Waals surface area contributed by atoms with Gasteiger partial charge < -0.3 is 29.0 Å². The third-order valence-electron chi connectivity index (χ3n) is 7.84. The van der Waals surface area contributed by atoms with Gasteiger partial charge in [0.1, 0.15) is 12.6 Å². The molecule has 0 bridgehead atoms. The van der Waals surface area contributed by atoms with E-state index in [-0.39, 0.29) is 0 Å². The summed E-state index contributed by atoms with van der Waals surface area (Å²) in [6.45, 7) is 24.4. The molecule has 14 heteroatoms. The highest BCUT2D eigenvalue weighted by atomic mass is 127. The van der Waals surface area contributed by atoms with Gasteiger partial charge in [0.15, 0.2) is 18.4 Å². The number of benzene rings is 1. The number of nitrogens with one attached hydrogen (secondary N) is 1. The third kappa shape index (κ3) is 12.9. The Kier molecular flexibility index (Phi) is 14.7. The average molecular weight is 859 g/mol. The van der Waals surface area contributed by atoms with E-state index in [2.05, 4.69) is 27.9 Å². The molecule has 0 unspecified atom stereocenters. The van der Waals surface area contributed by atoms with Crippen molar-refractivity contribution in [1.29, 1.82) is 0 Å². The van der Waals surface area contributed by atoms with Crippen LogP contribution in [0.1, 0.15) is 115 Å². The molecule has 0 spiro atoms. The van der Waals surface area contributed by atoms with Gasteiger partial charge in [-0.15, -0.1) is 0 Å². The van der Waals surface area contributed by atoms with Gasteiger partial charge in [-0.2, -0.15) is 0 Å². The lowest BCUT2D eigenvalue weighted by Gasteiger charge is -2.49. The number of nitrogens with zero attached hydrogens (tertiary/aromatic N) is 1. The van der Waals surface area contributed by atoms with E-state index in [9.17, 15) is 28.8 Å². The second-order valence-corrected chi connectivity index (χ2v) is 19.8. The van der Waals surface area contributed by atoms with Crippen LogP contribution >= 0.6 is 22.6 Å². The van der Waals surface area contributed by atoms with Crippen molar-refractivity contribution in [2.45, 2.75) is 140 Å². The summed E-state index contributed by atoms with van der Waals surface area (Å²) in [5.41, 5.74) is -4.54. The van der Waals surface area contributed by atoms with Crippen molar-refractivity contribution in [2.24, 2.45) is 27.6 Å². The number of carbonyl (C=O) groups excluding carboxylic acids is 6. The number of carbonyl (C=O) groups is 6. The Morgan fingerprint density at radius 3 is 1.66 bits per heavy atom. The Morgan fingerprint density at radius 2 is 1.23 bits per heavy atom. The highest BCUT2D eigenvalue weighted by Gasteiger charge is 2.57. The molecule has 1 heterocycles. The summed E-state index contributed by atoms with van der Waals surface area (Å²) in [5.74, 6) is -4.68. The molecule has 0 aromatic heterocycles. The molecule has 0 radical (unpaired) electrons. The highest BCUT2D eigenvalue weighted by Crippen LogP contribution is 2.39. The Morgan fingerprint density at radius 1 is 0.755 bits per heavy atom. The topological polar surface area (TPSA) is 164 Å². The van der Waals surface area contributed by atoms with Crippen LogP contribution in [0.2, 0.25) is 0 Å².